The predicted octanol–water partition coefficient (Wildman–Crippen LogP) is 3.84. The van der Waals surface area contributed by atoms with Gasteiger partial charge in [0.25, 0.3) is 0 Å². The lowest BCUT2D eigenvalue weighted by Crippen LogP contribution is -2.10. The molecule has 1 heterocycles. The van der Waals surface area contributed by atoms with Crippen molar-refractivity contribution in [2.75, 3.05) is 6.61 Å². The Kier molecular flexibility index (Phi) is 7.42. The van der Waals surface area contributed by atoms with Crippen LogP contribution in [0.15, 0.2) is 18.5 Å². The van der Waals surface area contributed by atoms with Crippen LogP contribution in [0.25, 0.3) is 0 Å². The summed E-state index contributed by atoms with van der Waals surface area (Å²) >= 11 is 0. The van der Waals surface area contributed by atoms with E-state index in [1.165, 1.54) is 32.1 Å². The van der Waals surface area contributed by atoms with Crippen molar-refractivity contribution in [2.45, 2.75) is 58.4 Å². The average Bonchev–Trinajstić information content (AvgIpc) is 2.39. The lowest BCUT2D eigenvalue weighted by molar-refractivity contribution is 0.338. The van der Waals surface area contributed by atoms with Crippen LogP contribution < -0.4 is 10.5 Å². The van der Waals surface area contributed by atoms with Crippen LogP contribution >= 0.6 is 0 Å². The molecular weight excluding hydrogens is 224 g/mol. The summed E-state index contributed by atoms with van der Waals surface area (Å²) in [6.07, 6.45) is 11.0. The molecule has 3 nitrogen and oxygen atoms in total. The van der Waals surface area contributed by atoms with Gasteiger partial charge in [-0.1, -0.05) is 39.0 Å². The fourth-order valence-corrected chi connectivity index (χ4v) is 2.02. The van der Waals surface area contributed by atoms with E-state index in [9.17, 15) is 0 Å². The van der Waals surface area contributed by atoms with Gasteiger partial charge in [-0.15, -0.1) is 0 Å². The van der Waals surface area contributed by atoms with Gasteiger partial charge in [0.2, 0.25) is 0 Å². The van der Waals surface area contributed by atoms with E-state index in [2.05, 4.69) is 11.9 Å². The highest BCUT2D eigenvalue weighted by Gasteiger charge is 2.07. The Morgan fingerprint density at radius 3 is 2.67 bits per heavy atom. The Bertz CT molecular complexity index is 328. The van der Waals surface area contributed by atoms with Gasteiger partial charge in [0.1, 0.15) is 5.75 Å². The van der Waals surface area contributed by atoms with Crippen molar-refractivity contribution in [1.29, 1.82) is 0 Å². The van der Waals surface area contributed by atoms with E-state index in [0.717, 1.165) is 17.7 Å². The fourth-order valence-electron chi connectivity index (χ4n) is 2.02. The van der Waals surface area contributed by atoms with Crippen molar-refractivity contribution < 1.29 is 4.74 Å². The van der Waals surface area contributed by atoms with E-state index in [-0.39, 0.29) is 6.04 Å². The van der Waals surface area contributed by atoms with Gasteiger partial charge in [0.15, 0.2) is 0 Å². The topological polar surface area (TPSA) is 48.1 Å². The summed E-state index contributed by atoms with van der Waals surface area (Å²) < 4.78 is 5.44. The number of ether oxygens (including phenoxy) is 1. The van der Waals surface area contributed by atoms with Crippen LogP contribution in [-0.4, -0.2) is 11.6 Å². The predicted molar refractivity (Wildman–Crippen MR) is 75.7 cm³/mol. The zero-order valence-corrected chi connectivity index (χ0v) is 11.7. The number of pyridine rings is 1. The number of unbranched alkanes of at least 4 members (excludes halogenated alkanes) is 4. The van der Waals surface area contributed by atoms with Crippen molar-refractivity contribution in [3.05, 3.63) is 24.0 Å². The molecule has 0 aromatic carbocycles. The second-order valence-corrected chi connectivity index (χ2v) is 4.70. The highest BCUT2D eigenvalue weighted by Crippen LogP contribution is 2.20. The summed E-state index contributed by atoms with van der Waals surface area (Å²) in [5, 5.41) is 0. The molecule has 0 saturated heterocycles. The molecule has 18 heavy (non-hydrogen) atoms. The molecule has 1 unspecified atom stereocenters. The van der Waals surface area contributed by atoms with Crippen molar-refractivity contribution >= 4 is 0 Å². The molecule has 2 N–H and O–H groups in total. The lowest BCUT2D eigenvalue weighted by atomic mass is 10.0. The molecule has 0 spiro atoms. The summed E-state index contributed by atoms with van der Waals surface area (Å²) in [6, 6.07) is 2.09. The normalized spacial score (nSPS) is 12.4. The summed E-state index contributed by atoms with van der Waals surface area (Å²) in [5.41, 5.74) is 7.26. The maximum atomic E-state index is 6.18. The first-order valence-electron chi connectivity index (χ1n) is 7.11. The van der Waals surface area contributed by atoms with Crippen LogP contribution in [0, 0.1) is 0 Å². The summed E-state index contributed by atoms with van der Waals surface area (Å²) in [4.78, 5) is 4.18. The molecule has 1 rings (SSSR count). The molecule has 1 aromatic rings. The van der Waals surface area contributed by atoms with E-state index >= 15 is 0 Å². The monoisotopic (exact) mass is 250 g/mol. The quantitative estimate of drug-likeness (QED) is 0.677. The minimum atomic E-state index is 0.0829. The molecule has 0 aliphatic rings. The smallest absolute Gasteiger partial charge is 0.137 e. The van der Waals surface area contributed by atoms with Crippen LogP contribution in [0.5, 0.6) is 5.75 Å². The van der Waals surface area contributed by atoms with Gasteiger partial charge in [-0.3, -0.25) is 4.98 Å². The Balaban J connectivity index is 2.36. The zero-order valence-electron chi connectivity index (χ0n) is 11.7. The van der Waals surface area contributed by atoms with Crippen LogP contribution in [0.3, 0.4) is 0 Å². The molecule has 0 saturated carbocycles. The summed E-state index contributed by atoms with van der Waals surface area (Å²) in [5.74, 6) is 0.816. The summed E-state index contributed by atoms with van der Waals surface area (Å²) in [7, 11) is 0. The average molecular weight is 250 g/mol. The molecule has 0 bridgehead atoms. The van der Waals surface area contributed by atoms with Gasteiger partial charge in [-0.05, 0) is 25.0 Å². The van der Waals surface area contributed by atoms with Gasteiger partial charge in [-0.25, -0.2) is 0 Å². The third-order valence-electron chi connectivity index (χ3n) is 3.09. The van der Waals surface area contributed by atoms with E-state index in [4.69, 9.17) is 10.5 Å². The SMILES string of the molecule is CCCCCCCC(N)c1cncc(OCC)c1. The first-order valence-corrected chi connectivity index (χ1v) is 7.11. The fraction of sp³-hybridized carbons (Fsp3) is 0.667. The Hall–Kier alpha value is -1.09. The van der Waals surface area contributed by atoms with Crippen molar-refractivity contribution in [3.63, 3.8) is 0 Å². The number of nitrogens with zero attached hydrogens (tertiary/aromatic N) is 1. The minimum absolute atomic E-state index is 0.0829. The van der Waals surface area contributed by atoms with Crippen LogP contribution in [0.1, 0.15) is 64.0 Å². The highest BCUT2D eigenvalue weighted by molar-refractivity contribution is 5.25. The van der Waals surface area contributed by atoms with Gasteiger partial charge in [-0.2, -0.15) is 0 Å². The van der Waals surface area contributed by atoms with E-state index in [1.54, 1.807) is 6.20 Å². The minimum Gasteiger partial charge on any atom is -0.492 e. The molecule has 3 heteroatoms. The van der Waals surface area contributed by atoms with Gasteiger partial charge in [0, 0.05) is 12.2 Å². The number of hydrogen-bond donors (Lipinski definition) is 1. The second kappa shape index (κ2) is 8.92. The molecule has 1 aromatic heterocycles. The maximum Gasteiger partial charge on any atom is 0.137 e. The maximum absolute atomic E-state index is 6.18. The molecular formula is C15H26N2O. The first-order chi connectivity index (χ1) is 8.77. The number of hydrogen-bond acceptors (Lipinski definition) is 3. The molecule has 0 amide bonds. The zero-order chi connectivity index (χ0) is 13.2. The number of nitrogens with two attached hydrogens (primary N) is 1. The van der Waals surface area contributed by atoms with Crippen LogP contribution in [0.4, 0.5) is 0 Å². The molecule has 0 aliphatic carbocycles. The van der Waals surface area contributed by atoms with E-state index in [1.807, 2.05) is 19.2 Å². The first kappa shape index (κ1) is 15.0. The Morgan fingerprint density at radius 2 is 1.94 bits per heavy atom. The van der Waals surface area contributed by atoms with Crippen molar-refractivity contribution in [1.82, 2.24) is 4.98 Å². The largest absolute Gasteiger partial charge is 0.492 e. The Labute approximate surface area is 111 Å². The van der Waals surface area contributed by atoms with Crippen molar-refractivity contribution in [3.8, 4) is 5.75 Å². The standard InChI is InChI=1S/C15H26N2O/c1-3-5-6-7-8-9-15(16)13-10-14(18-4-2)12-17-11-13/h10-12,15H,3-9,16H2,1-2H3. The molecule has 0 radical (unpaired) electrons. The van der Waals surface area contributed by atoms with Gasteiger partial charge < -0.3 is 10.5 Å². The van der Waals surface area contributed by atoms with Gasteiger partial charge >= 0.3 is 0 Å². The van der Waals surface area contributed by atoms with E-state index < -0.39 is 0 Å². The van der Waals surface area contributed by atoms with E-state index in [0.29, 0.717) is 6.61 Å². The second-order valence-electron chi connectivity index (χ2n) is 4.70. The summed E-state index contributed by atoms with van der Waals surface area (Å²) in [6.45, 7) is 4.87. The van der Waals surface area contributed by atoms with Crippen LogP contribution in [-0.2, 0) is 0 Å². The molecule has 0 fully saturated rings. The van der Waals surface area contributed by atoms with Gasteiger partial charge in [0.05, 0.1) is 12.8 Å². The third-order valence-corrected chi connectivity index (χ3v) is 3.09. The van der Waals surface area contributed by atoms with Crippen LogP contribution in [0.2, 0.25) is 0 Å². The van der Waals surface area contributed by atoms with Crippen molar-refractivity contribution in [2.24, 2.45) is 5.73 Å². The molecule has 1 atom stereocenters. The highest BCUT2D eigenvalue weighted by atomic mass is 16.5. The third kappa shape index (κ3) is 5.50. The Morgan fingerprint density at radius 1 is 1.17 bits per heavy atom. The molecule has 102 valence electrons. The lowest BCUT2D eigenvalue weighted by Gasteiger charge is -2.12. The molecule has 0 aliphatic heterocycles. The number of aromatic nitrogens is 1. The number of rotatable bonds is 9.